The molecule has 63 heavy (non-hydrogen) atoms. The number of benzene rings is 2. The van der Waals surface area contributed by atoms with E-state index in [0.717, 1.165) is 48.1 Å². The Labute approximate surface area is 374 Å². The van der Waals surface area contributed by atoms with Crippen LogP contribution < -0.4 is 21.1 Å². The van der Waals surface area contributed by atoms with Gasteiger partial charge in [-0.15, -0.1) is 0 Å². The maximum absolute atomic E-state index is 14.6. The summed E-state index contributed by atoms with van der Waals surface area (Å²) in [6.45, 7) is 1.63. The van der Waals surface area contributed by atoms with Crippen molar-refractivity contribution in [2.45, 2.75) is 133 Å². The number of hydrogen-bond acceptors (Lipinski definition) is 9. The highest BCUT2D eigenvalue weighted by atomic mass is 16.5. The number of ketones is 2. The van der Waals surface area contributed by atoms with Crippen molar-refractivity contribution < 1.29 is 29.6 Å². The second-order valence-corrected chi connectivity index (χ2v) is 20.4. The van der Waals surface area contributed by atoms with Gasteiger partial charge in [0.05, 0.1) is 25.1 Å². The summed E-state index contributed by atoms with van der Waals surface area (Å²) in [5, 5.41) is 42.3. The van der Waals surface area contributed by atoms with Crippen LogP contribution in [0.25, 0.3) is 6.08 Å². The standard InChI is InChI=1S/C54H69N3O6/c1-63-49-28-38-12-18-50(61)54(25-20-39(29-51(54)62)45-17-16-42-43-15-14-41(59)31-47(43)57-33-46(42)53(45)22-5-6-23-53)24-19-35(44(38)32-48(49)60)11-13-40(58)27-36(37-21-26-56-52(55)30-37)10-9-34-7-3-2-4-8-34/h2-4,7-10,21,28,30,32,35-36,39-40,42-43,45-47,51,56-58,60,62H,5-6,11-18,20,22-23,25-27,29,31,33,55H2,1H3. The Kier molecular flexibility index (Phi) is 13.0. The number of dihydropyridines is 1. The predicted octanol–water partition coefficient (Wildman–Crippen LogP) is 7.88. The summed E-state index contributed by atoms with van der Waals surface area (Å²) in [5.41, 5.74) is 9.20. The summed E-state index contributed by atoms with van der Waals surface area (Å²) in [6, 6.07) is 14.1. The molecule has 2 aromatic rings. The maximum atomic E-state index is 14.6. The third-order valence-corrected chi connectivity index (χ3v) is 17.2. The number of hydrogen-bond donors (Lipinski definition) is 6. The molecule has 9 rings (SSSR count). The minimum atomic E-state index is -1.16. The van der Waals surface area contributed by atoms with Crippen LogP contribution in [0.15, 0.2) is 72.1 Å². The van der Waals surface area contributed by atoms with Crippen molar-refractivity contribution in [3.63, 3.8) is 0 Å². The Hall–Kier alpha value is -4.36. The van der Waals surface area contributed by atoms with Gasteiger partial charge in [-0.25, -0.2) is 0 Å². The molecule has 7 N–H and O–H groups in total. The van der Waals surface area contributed by atoms with Gasteiger partial charge < -0.3 is 36.4 Å². The van der Waals surface area contributed by atoms with E-state index in [9.17, 15) is 24.9 Å². The van der Waals surface area contributed by atoms with Gasteiger partial charge in [-0.3, -0.25) is 9.59 Å². The highest BCUT2D eigenvalue weighted by Gasteiger charge is 2.59. The molecule has 4 saturated carbocycles. The first-order chi connectivity index (χ1) is 30.6. The highest BCUT2D eigenvalue weighted by Crippen LogP contribution is 2.64. The number of aromatic hydroxyl groups is 1. The van der Waals surface area contributed by atoms with Gasteiger partial charge in [0, 0.05) is 43.7 Å². The number of nitrogens with one attached hydrogen (secondary N) is 2. The van der Waals surface area contributed by atoms with E-state index in [-0.39, 0.29) is 35.2 Å². The molecule has 9 heteroatoms. The first-order valence-corrected chi connectivity index (χ1v) is 24.3. The third-order valence-electron chi connectivity index (χ3n) is 17.2. The molecule has 2 heterocycles. The number of carbonyl (C=O) groups is 2. The lowest BCUT2D eigenvalue weighted by molar-refractivity contribution is -0.140. The smallest absolute Gasteiger partial charge is 0.160 e. The number of nitrogens with two attached hydrogens (primary N) is 1. The molecule has 11 unspecified atom stereocenters. The van der Waals surface area contributed by atoms with Gasteiger partial charge in [0.15, 0.2) is 17.3 Å². The van der Waals surface area contributed by atoms with Crippen LogP contribution in [-0.2, 0) is 16.0 Å². The van der Waals surface area contributed by atoms with Crippen LogP contribution in [-0.4, -0.2) is 65.3 Å². The zero-order valence-corrected chi connectivity index (χ0v) is 37.2. The zero-order valence-electron chi connectivity index (χ0n) is 37.2. The number of Topliss-reactive ketones (excluding diaryl/α,β-unsaturated/α-hetero) is 2. The van der Waals surface area contributed by atoms with Crippen molar-refractivity contribution in [2.75, 3.05) is 20.2 Å². The molecule has 5 aliphatic carbocycles. The Balaban J connectivity index is 0.953. The molecule has 0 aromatic heterocycles. The lowest BCUT2D eigenvalue weighted by atomic mass is 9.47. The van der Waals surface area contributed by atoms with Crippen LogP contribution >= 0.6 is 0 Å². The second-order valence-electron chi connectivity index (χ2n) is 20.4. The molecule has 11 atom stereocenters. The van der Waals surface area contributed by atoms with E-state index in [1.165, 1.54) is 45.6 Å². The van der Waals surface area contributed by atoms with Crippen molar-refractivity contribution in [3.05, 3.63) is 88.8 Å². The summed E-state index contributed by atoms with van der Waals surface area (Å²) in [5.74, 6) is 10.7. The molecule has 1 saturated heterocycles. The number of rotatable bonds is 10. The summed E-state index contributed by atoms with van der Waals surface area (Å²) < 4.78 is 5.54. The van der Waals surface area contributed by atoms with E-state index in [1.807, 2.05) is 30.3 Å². The zero-order chi connectivity index (χ0) is 43.7. The Bertz CT molecular complexity index is 2160. The van der Waals surface area contributed by atoms with Crippen LogP contribution in [0.2, 0.25) is 0 Å². The minimum Gasteiger partial charge on any atom is -0.504 e. The third kappa shape index (κ3) is 8.77. The number of ether oxygens (including phenoxy) is 1. The fourth-order valence-corrected chi connectivity index (χ4v) is 14.1. The van der Waals surface area contributed by atoms with Crippen LogP contribution in [0.5, 0.6) is 11.5 Å². The lowest BCUT2D eigenvalue weighted by Crippen LogP contribution is -2.61. The van der Waals surface area contributed by atoms with Crippen molar-refractivity contribution in [1.29, 1.82) is 0 Å². The van der Waals surface area contributed by atoms with Gasteiger partial charge >= 0.3 is 0 Å². The van der Waals surface area contributed by atoms with Crippen LogP contribution in [0.4, 0.5) is 0 Å². The molecule has 0 amide bonds. The largest absolute Gasteiger partial charge is 0.504 e. The quantitative estimate of drug-likeness (QED) is 0.131. The number of fused-ring (bicyclic) bond motifs is 5. The van der Waals surface area contributed by atoms with Crippen LogP contribution in [0.3, 0.4) is 0 Å². The van der Waals surface area contributed by atoms with E-state index >= 15 is 0 Å². The van der Waals surface area contributed by atoms with Crippen molar-refractivity contribution in [1.82, 2.24) is 10.6 Å². The number of aliphatic hydroxyl groups is 2. The number of methoxy groups -OCH3 is 1. The first-order valence-electron chi connectivity index (χ1n) is 24.3. The minimum absolute atomic E-state index is 0.00361. The number of piperidine rings is 1. The molecule has 2 aliphatic heterocycles. The van der Waals surface area contributed by atoms with Crippen molar-refractivity contribution >= 4 is 17.6 Å². The van der Waals surface area contributed by atoms with E-state index in [4.69, 9.17) is 10.5 Å². The van der Waals surface area contributed by atoms with Gasteiger partial charge in [-0.1, -0.05) is 73.2 Å². The average Bonchev–Trinajstić information content (AvgIpc) is 3.78. The summed E-state index contributed by atoms with van der Waals surface area (Å²) >= 11 is 0. The fraction of sp³-hybridized carbons (Fsp3) is 0.593. The van der Waals surface area contributed by atoms with Crippen LogP contribution in [0, 0.1) is 58.2 Å². The van der Waals surface area contributed by atoms with Crippen molar-refractivity contribution in [2.24, 2.45) is 52.1 Å². The number of carbonyl (C=O) groups excluding carboxylic acids is 2. The van der Waals surface area contributed by atoms with Gasteiger partial charge in [0.25, 0.3) is 0 Å². The molecule has 2 spiro atoms. The second kappa shape index (κ2) is 18.6. The average molecular weight is 856 g/mol. The molecule has 0 radical (unpaired) electrons. The number of phenols is 1. The topological polar surface area (TPSA) is 154 Å². The SMILES string of the molecule is COc1cc2c(cc1O)C(CCC(O)CC(C=Cc1ccccc1)C1=CCNC(N)=C1)C#CC1(CCC(C3CCC4C5CCC(=O)CC5NCC4C34CCCC4)CC1O)C(=O)CC2. The number of aliphatic hydroxyl groups excluding tert-OH is 2. The molecular formula is C54H69N3O6. The molecule has 5 fully saturated rings. The first kappa shape index (κ1) is 43.9. The number of phenolic OH excluding ortho intramolecular Hbond substituents is 1. The molecule has 2 aromatic carbocycles. The molecule has 0 bridgehead atoms. The molecule has 336 valence electrons. The van der Waals surface area contributed by atoms with E-state index in [2.05, 4.69) is 52.8 Å². The van der Waals surface area contributed by atoms with E-state index in [1.54, 1.807) is 6.07 Å². The molecule has 9 nitrogen and oxygen atoms in total. The van der Waals surface area contributed by atoms with Gasteiger partial charge in [-0.05, 0) is 159 Å². The van der Waals surface area contributed by atoms with Gasteiger partial charge in [0.1, 0.15) is 11.2 Å². The van der Waals surface area contributed by atoms with Gasteiger partial charge in [0.2, 0.25) is 0 Å². The summed E-state index contributed by atoms with van der Waals surface area (Å²) in [7, 11) is 1.53. The predicted molar refractivity (Wildman–Crippen MR) is 246 cm³/mol. The maximum Gasteiger partial charge on any atom is 0.160 e. The summed E-state index contributed by atoms with van der Waals surface area (Å²) in [6.07, 6.45) is 20.8. The molecular weight excluding hydrogens is 787 g/mol. The number of allylic oxidation sites excluding steroid dienone is 3. The monoisotopic (exact) mass is 856 g/mol. The number of aryl methyl sites for hydroxylation is 1. The summed E-state index contributed by atoms with van der Waals surface area (Å²) in [4.78, 5) is 27.0. The Morgan fingerprint density at radius 3 is 2.60 bits per heavy atom. The van der Waals surface area contributed by atoms with E-state index < -0.39 is 17.6 Å². The van der Waals surface area contributed by atoms with Crippen molar-refractivity contribution in [3.8, 4) is 23.3 Å². The normalized spacial score (nSPS) is 33.6. The lowest BCUT2D eigenvalue weighted by Gasteiger charge is -2.60. The van der Waals surface area contributed by atoms with E-state index in [0.29, 0.717) is 104 Å². The fourth-order valence-electron chi connectivity index (χ4n) is 14.1. The van der Waals surface area contributed by atoms with Gasteiger partial charge in [-0.2, -0.15) is 0 Å². The Morgan fingerprint density at radius 2 is 1.83 bits per heavy atom. The Morgan fingerprint density at radius 1 is 1.00 bits per heavy atom. The molecule has 7 aliphatic rings. The van der Waals surface area contributed by atoms with Crippen LogP contribution in [0.1, 0.15) is 125 Å². The highest BCUT2D eigenvalue weighted by molar-refractivity contribution is 5.89.